The molecule has 1 aromatic heterocycles. The summed E-state index contributed by atoms with van der Waals surface area (Å²) < 4.78 is 5.78. The van der Waals surface area contributed by atoms with Crippen LogP contribution in [0, 0.1) is 10.1 Å². The second-order valence-electron chi connectivity index (χ2n) is 7.11. The van der Waals surface area contributed by atoms with Crippen LogP contribution < -0.4 is 10.1 Å². The van der Waals surface area contributed by atoms with Crippen LogP contribution in [0.25, 0.3) is 10.9 Å². The number of hydrogen-bond donors (Lipinski definition) is 2. The highest BCUT2D eigenvalue weighted by Gasteiger charge is 2.15. The summed E-state index contributed by atoms with van der Waals surface area (Å²) in [6, 6.07) is 22.2. The Kier molecular flexibility index (Phi) is 5.93. The van der Waals surface area contributed by atoms with Crippen molar-refractivity contribution in [2.45, 2.75) is 13.0 Å². The Balaban J connectivity index is 1.31. The maximum atomic E-state index is 12.5. The molecule has 0 aliphatic rings. The molecule has 31 heavy (non-hydrogen) atoms. The van der Waals surface area contributed by atoms with Crippen LogP contribution in [-0.2, 0) is 13.0 Å². The zero-order valence-corrected chi connectivity index (χ0v) is 16.7. The van der Waals surface area contributed by atoms with Crippen molar-refractivity contribution >= 4 is 22.5 Å². The first-order chi connectivity index (χ1) is 15.1. The zero-order valence-electron chi connectivity index (χ0n) is 16.7. The summed E-state index contributed by atoms with van der Waals surface area (Å²) in [5.41, 5.74) is 3.21. The van der Waals surface area contributed by atoms with Crippen molar-refractivity contribution in [3.63, 3.8) is 0 Å². The molecule has 0 aliphatic carbocycles. The highest BCUT2D eigenvalue weighted by molar-refractivity contribution is 6.07. The van der Waals surface area contributed by atoms with Gasteiger partial charge in [0.05, 0.1) is 10.5 Å². The fraction of sp³-hybridized carbons (Fsp3) is 0.125. The number of rotatable bonds is 8. The molecule has 0 bridgehead atoms. The van der Waals surface area contributed by atoms with Crippen LogP contribution in [0.3, 0.4) is 0 Å². The predicted octanol–water partition coefficient (Wildman–Crippen LogP) is 4.63. The maximum Gasteiger partial charge on any atom is 0.270 e. The molecule has 4 aromatic rings. The smallest absolute Gasteiger partial charge is 0.270 e. The third-order valence-corrected chi connectivity index (χ3v) is 4.99. The van der Waals surface area contributed by atoms with Gasteiger partial charge in [-0.3, -0.25) is 14.9 Å². The van der Waals surface area contributed by atoms with Gasteiger partial charge in [-0.25, -0.2) is 0 Å². The van der Waals surface area contributed by atoms with Crippen LogP contribution in [0.15, 0.2) is 79.0 Å². The summed E-state index contributed by atoms with van der Waals surface area (Å²) in [6.07, 6.45) is 2.23. The molecule has 1 heterocycles. The molecule has 0 saturated carbocycles. The van der Waals surface area contributed by atoms with Gasteiger partial charge in [0.2, 0.25) is 0 Å². The number of H-pyrrole nitrogens is 1. The van der Waals surface area contributed by atoms with E-state index >= 15 is 0 Å². The van der Waals surface area contributed by atoms with Gasteiger partial charge in [0, 0.05) is 35.8 Å². The van der Waals surface area contributed by atoms with Crippen LogP contribution >= 0.6 is 0 Å². The van der Waals surface area contributed by atoms with Crippen LogP contribution in [0.5, 0.6) is 5.75 Å². The number of fused-ring (bicyclic) bond motifs is 1. The van der Waals surface area contributed by atoms with E-state index in [4.69, 9.17) is 4.74 Å². The van der Waals surface area contributed by atoms with Crippen LogP contribution in [0.2, 0.25) is 0 Å². The number of benzene rings is 3. The number of carbonyl (C=O) groups is 1. The van der Waals surface area contributed by atoms with Crippen LogP contribution in [0.1, 0.15) is 21.5 Å². The number of nitro groups is 1. The van der Waals surface area contributed by atoms with Crippen LogP contribution in [-0.4, -0.2) is 22.4 Å². The minimum atomic E-state index is -0.471. The number of nitrogens with zero attached hydrogens (tertiary/aromatic N) is 1. The van der Waals surface area contributed by atoms with E-state index in [9.17, 15) is 14.9 Å². The zero-order chi connectivity index (χ0) is 21.6. The Bertz CT molecular complexity index is 1200. The number of non-ortho nitro benzene ring substituents is 1. The lowest BCUT2D eigenvalue weighted by atomic mass is 10.1. The number of ether oxygens (including phenoxy) is 1. The molecular formula is C24H21N3O4. The molecular weight excluding hydrogens is 394 g/mol. The average molecular weight is 415 g/mol. The standard InChI is InChI=1S/C24H21N3O4/c28-24(22-15-26-23-11-8-19(27(29)30)14-21(22)23)25-13-12-17-6-9-20(10-7-17)31-16-18-4-2-1-3-5-18/h1-11,14-15,26H,12-13,16H2,(H,25,28). The normalized spacial score (nSPS) is 10.7. The molecule has 0 saturated heterocycles. The molecule has 0 aliphatic heterocycles. The first kappa shape index (κ1) is 20.2. The largest absolute Gasteiger partial charge is 0.489 e. The summed E-state index contributed by atoms with van der Waals surface area (Å²) in [5, 5.41) is 14.4. The first-order valence-electron chi connectivity index (χ1n) is 9.89. The van der Waals surface area contributed by atoms with E-state index in [0.29, 0.717) is 36.0 Å². The van der Waals surface area contributed by atoms with Crippen molar-refractivity contribution < 1.29 is 14.5 Å². The van der Waals surface area contributed by atoms with E-state index in [1.807, 2.05) is 54.6 Å². The van der Waals surface area contributed by atoms with E-state index in [1.54, 1.807) is 12.3 Å². The molecule has 4 rings (SSSR count). The summed E-state index contributed by atoms with van der Waals surface area (Å²) in [5.74, 6) is 0.520. The predicted molar refractivity (Wildman–Crippen MR) is 118 cm³/mol. The van der Waals surface area contributed by atoms with Gasteiger partial charge in [-0.2, -0.15) is 0 Å². The van der Waals surface area contributed by atoms with E-state index in [-0.39, 0.29) is 11.6 Å². The van der Waals surface area contributed by atoms with Gasteiger partial charge in [0.25, 0.3) is 11.6 Å². The fourth-order valence-corrected chi connectivity index (χ4v) is 3.32. The Morgan fingerprint density at radius 1 is 1.00 bits per heavy atom. The summed E-state index contributed by atoms with van der Waals surface area (Å²) in [7, 11) is 0. The van der Waals surface area contributed by atoms with Gasteiger partial charge in [-0.1, -0.05) is 42.5 Å². The molecule has 0 unspecified atom stereocenters. The number of aromatic amines is 1. The third kappa shape index (κ3) is 4.90. The second-order valence-corrected chi connectivity index (χ2v) is 7.11. The number of carbonyl (C=O) groups excluding carboxylic acids is 1. The lowest BCUT2D eigenvalue weighted by molar-refractivity contribution is -0.384. The molecule has 0 fully saturated rings. The van der Waals surface area contributed by atoms with Gasteiger partial charge < -0.3 is 15.0 Å². The van der Waals surface area contributed by atoms with Crippen LogP contribution in [0.4, 0.5) is 5.69 Å². The van der Waals surface area contributed by atoms with Crippen molar-refractivity contribution in [3.05, 3.63) is 106 Å². The second kappa shape index (κ2) is 9.13. The molecule has 156 valence electrons. The Morgan fingerprint density at radius 3 is 2.52 bits per heavy atom. The summed E-state index contributed by atoms with van der Waals surface area (Å²) in [6.45, 7) is 0.962. The third-order valence-electron chi connectivity index (χ3n) is 4.99. The fourth-order valence-electron chi connectivity index (χ4n) is 3.32. The van der Waals surface area contributed by atoms with E-state index in [0.717, 1.165) is 16.9 Å². The lowest BCUT2D eigenvalue weighted by Gasteiger charge is -2.08. The quantitative estimate of drug-likeness (QED) is 0.324. The minimum Gasteiger partial charge on any atom is -0.489 e. The summed E-state index contributed by atoms with van der Waals surface area (Å²) in [4.78, 5) is 26.0. The molecule has 0 atom stereocenters. The molecule has 3 aromatic carbocycles. The van der Waals surface area contributed by atoms with E-state index in [2.05, 4.69) is 10.3 Å². The number of hydrogen-bond acceptors (Lipinski definition) is 4. The SMILES string of the molecule is O=C(NCCc1ccc(OCc2ccccc2)cc1)c1c[nH]c2ccc([N+](=O)[O-])cc12. The van der Waals surface area contributed by atoms with Crippen molar-refractivity contribution in [1.29, 1.82) is 0 Å². The lowest BCUT2D eigenvalue weighted by Crippen LogP contribution is -2.25. The number of amides is 1. The van der Waals surface area contributed by atoms with Crippen molar-refractivity contribution in [1.82, 2.24) is 10.3 Å². The monoisotopic (exact) mass is 415 g/mol. The first-order valence-corrected chi connectivity index (χ1v) is 9.89. The summed E-state index contributed by atoms with van der Waals surface area (Å²) >= 11 is 0. The van der Waals surface area contributed by atoms with E-state index in [1.165, 1.54) is 12.1 Å². The number of nitro benzene ring substituents is 1. The topological polar surface area (TPSA) is 97.3 Å². The molecule has 0 radical (unpaired) electrons. The molecule has 0 spiro atoms. The highest BCUT2D eigenvalue weighted by atomic mass is 16.6. The van der Waals surface area contributed by atoms with Crippen molar-refractivity contribution in [3.8, 4) is 5.75 Å². The van der Waals surface area contributed by atoms with Gasteiger partial charge in [-0.15, -0.1) is 0 Å². The molecule has 7 nitrogen and oxygen atoms in total. The Labute approximate surface area is 178 Å². The Hall–Kier alpha value is -4.13. The van der Waals surface area contributed by atoms with Crippen molar-refractivity contribution in [2.75, 3.05) is 6.54 Å². The van der Waals surface area contributed by atoms with Gasteiger partial charge in [0.15, 0.2) is 0 Å². The van der Waals surface area contributed by atoms with Gasteiger partial charge in [-0.05, 0) is 35.7 Å². The highest BCUT2D eigenvalue weighted by Crippen LogP contribution is 2.23. The molecule has 2 N–H and O–H groups in total. The molecule has 1 amide bonds. The maximum absolute atomic E-state index is 12.5. The number of nitrogens with one attached hydrogen (secondary N) is 2. The van der Waals surface area contributed by atoms with Gasteiger partial charge >= 0.3 is 0 Å². The molecule has 7 heteroatoms. The minimum absolute atomic E-state index is 0.0456. The average Bonchev–Trinajstić information content (AvgIpc) is 3.22. The number of aromatic nitrogens is 1. The van der Waals surface area contributed by atoms with Crippen molar-refractivity contribution in [2.24, 2.45) is 0 Å². The van der Waals surface area contributed by atoms with Gasteiger partial charge in [0.1, 0.15) is 12.4 Å². The Morgan fingerprint density at radius 2 is 1.77 bits per heavy atom. The van der Waals surface area contributed by atoms with E-state index < -0.39 is 4.92 Å².